The number of halogens is 1. The van der Waals surface area contributed by atoms with E-state index in [0.29, 0.717) is 17.5 Å². The average Bonchev–Trinajstić information content (AvgIpc) is 2.49. The minimum atomic E-state index is -0.0647. The molecule has 0 bridgehead atoms. The lowest BCUT2D eigenvalue weighted by atomic mass is 10.1. The van der Waals surface area contributed by atoms with E-state index in [0.717, 1.165) is 5.56 Å². The first-order chi connectivity index (χ1) is 10.5. The van der Waals surface area contributed by atoms with Crippen LogP contribution in [0.15, 0.2) is 41.9 Å². The van der Waals surface area contributed by atoms with Gasteiger partial charge in [0.05, 0.1) is 6.04 Å². The van der Waals surface area contributed by atoms with Crippen LogP contribution >= 0.6 is 11.6 Å². The molecule has 0 aliphatic rings. The molecule has 0 saturated heterocycles. The van der Waals surface area contributed by atoms with E-state index >= 15 is 0 Å². The van der Waals surface area contributed by atoms with Gasteiger partial charge in [0.2, 0.25) is 5.91 Å². The topological polar surface area (TPSA) is 56.7 Å². The minimum absolute atomic E-state index is 0.0424. The molecule has 0 aliphatic heterocycles. The van der Waals surface area contributed by atoms with E-state index in [-0.39, 0.29) is 18.5 Å². The largest absolute Gasteiger partial charge is 0.353 e. The van der Waals surface area contributed by atoms with Crippen molar-refractivity contribution in [3.63, 3.8) is 0 Å². The number of likely N-dealkylation sites (N-methyl/N-ethyl adjacent to an activating group) is 1. The van der Waals surface area contributed by atoms with Gasteiger partial charge in [0, 0.05) is 25.7 Å². The summed E-state index contributed by atoms with van der Waals surface area (Å²) in [6, 6.07) is 7.58. The molecule has 2 N–H and O–H groups in total. The number of amides is 1. The maximum absolute atomic E-state index is 11.7. The summed E-state index contributed by atoms with van der Waals surface area (Å²) >= 11 is 6.20. The number of guanidine groups is 1. The SMILES string of the molecule is C=CCNC(=NCC(=O)N(C)C)NC(C)c1ccccc1Cl. The standard InChI is InChI=1S/C16H23ClN4O/c1-5-10-18-16(19-11-15(22)21(3)4)20-12(2)13-8-6-7-9-14(13)17/h5-9,12H,1,10-11H2,2-4H3,(H2,18,19,20). The fraction of sp³-hybridized carbons (Fsp3) is 0.375. The van der Waals surface area contributed by atoms with Crippen molar-refractivity contribution in [3.8, 4) is 0 Å². The molecule has 1 amide bonds. The van der Waals surface area contributed by atoms with Crippen LogP contribution in [0.3, 0.4) is 0 Å². The third-order valence-corrected chi connectivity index (χ3v) is 3.35. The molecule has 1 aromatic carbocycles. The van der Waals surface area contributed by atoms with E-state index < -0.39 is 0 Å². The Morgan fingerprint density at radius 3 is 2.73 bits per heavy atom. The van der Waals surface area contributed by atoms with Crippen LogP contribution in [0.4, 0.5) is 0 Å². The van der Waals surface area contributed by atoms with E-state index in [1.165, 1.54) is 4.90 Å². The molecular weight excluding hydrogens is 300 g/mol. The second-order valence-corrected chi connectivity index (χ2v) is 5.42. The van der Waals surface area contributed by atoms with Gasteiger partial charge in [0.15, 0.2) is 5.96 Å². The van der Waals surface area contributed by atoms with E-state index in [1.807, 2.05) is 31.2 Å². The van der Waals surface area contributed by atoms with Crippen molar-refractivity contribution in [2.24, 2.45) is 4.99 Å². The Morgan fingerprint density at radius 1 is 1.45 bits per heavy atom. The van der Waals surface area contributed by atoms with Crippen LogP contribution in [-0.2, 0) is 4.79 Å². The summed E-state index contributed by atoms with van der Waals surface area (Å²) in [4.78, 5) is 17.4. The zero-order valence-corrected chi connectivity index (χ0v) is 14.0. The summed E-state index contributed by atoms with van der Waals surface area (Å²) in [5.41, 5.74) is 0.969. The number of benzene rings is 1. The fourth-order valence-electron chi connectivity index (χ4n) is 1.72. The van der Waals surface area contributed by atoms with Crippen LogP contribution < -0.4 is 10.6 Å². The summed E-state index contributed by atoms with van der Waals surface area (Å²) in [7, 11) is 3.41. The van der Waals surface area contributed by atoms with Gasteiger partial charge < -0.3 is 15.5 Å². The van der Waals surface area contributed by atoms with Gasteiger partial charge in [-0.1, -0.05) is 35.9 Å². The molecule has 0 fully saturated rings. The van der Waals surface area contributed by atoms with Gasteiger partial charge in [-0.15, -0.1) is 6.58 Å². The van der Waals surface area contributed by atoms with Gasteiger partial charge in [0.1, 0.15) is 6.54 Å². The van der Waals surface area contributed by atoms with Gasteiger partial charge in [0.25, 0.3) is 0 Å². The second kappa shape index (κ2) is 9.10. The van der Waals surface area contributed by atoms with E-state index in [9.17, 15) is 4.79 Å². The molecule has 1 unspecified atom stereocenters. The first kappa shape index (κ1) is 18.0. The fourth-order valence-corrected chi connectivity index (χ4v) is 2.02. The van der Waals surface area contributed by atoms with Crippen molar-refractivity contribution in [1.82, 2.24) is 15.5 Å². The predicted octanol–water partition coefficient (Wildman–Crippen LogP) is 2.21. The number of carbonyl (C=O) groups is 1. The number of hydrogen-bond donors (Lipinski definition) is 2. The molecule has 22 heavy (non-hydrogen) atoms. The van der Waals surface area contributed by atoms with Crippen LogP contribution in [0, 0.1) is 0 Å². The van der Waals surface area contributed by atoms with Gasteiger partial charge in [-0.25, -0.2) is 4.99 Å². The zero-order valence-electron chi connectivity index (χ0n) is 13.3. The van der Waals surface area contributed by atoms with Crippen LogP contribution in [-0.4, -0.2) is 44.0 Å². The Bertz CT molecular complexity index is 543. The van der Waals surface area contributed by atoms with Crippen LogP contribution in [0.5, 0.6) is 0 Å². The molecule has 0 radical (unpaired) electrons. The molecule has 1 atom stereocenters. The summed E-state index contributed by atoms with van der Waals surface area (Å²) in [5, 5.41) is 7.02. The molecule has 120 valence electrons. The van der Waals surface area contributed by atoms with Gasteiger partial charge in [-0.3, -0.25) is 4.79 Å². The first-order valence-electron chi connectivity index (χ1n) is 7.06. The number of aliphatic imine (C=N–C) groups is 1. The van der Waals surface area contributed by atoms with Crippen LogP contribution in [0.25, 0.3) is 0 Å². The van der Waals surface area contributed by atoms with E-state index in [4.69, 9.17) is 11.6 Å². The third-order valence-electron chi connectivity index (χ3n) is 3.01. The first-order valence-corrected chi connectivity index (χ1v) is 7.43. The van der Waals surface area contributed by atoms with Crippen LogP contribution in [0.1, 0.15) is 18.5 Å². The van der Waals surface area contributed by atoms with Crippen molar-refractivity contribution in [2.75, 3.05) is 27.2 Å². The number of carbonyl (C=O) groups excluding carboxylic acids is 1. The minimum Gasteiger partial charge on any atom is -0.353 e. The number of hydrogen-bond acceptors (Lipinski definition) is 2. The number of rotatable bonds is 6. The summed E-state index contributed by atoms with van der Waals surface area (Å²) in [6.07, 6.45) is 1.73. The molecule has 0 spiro atoms. The highest BCUT2D eigenvalue weighted by molar-refractivity contribution is 6.31. The number of nitrogens with zero attached hydrogens (tertiary/aromatic N) is 2. The van der Waals surface area contributed by atoms with Crippen molar-refractivity contribution in [1.29, 1.82) is 0 Å². The van der Waals surface area contributed by atoms with Gasteiger partial charge in [-0.2, -0.15) is 0 Å². The summed E-state index contributed by atoms with van der Waals surface area (Å²) < 4.78 is 0. The van der Waals surface area contributed by atoms with Crippen molar-refractivity contribution in [2.45, 2.75) is 13.0 Å². The lowest BCUT2D eigenvalue weighted by molar-refractivity contribution is -0.127. The van der Waals surface area contributed by atoms with E-state index in [1.54, 1.807) is 20.2 Å². The monoisotopic (exact) mass is 322 g/mol. The molecular formula is C16H23ClN4O. The Balaban J connectivity index is 2.79. The predicted molar refractivity (Wildman–Crippen MR) is 92.2 cm³/mol. The van der Waals surface area contributed by atoms with Gasteiger partial charge in [-0.05, 0) is 18.6 Å². The average molecular weight is 323 g/mol. The van der Waals surface area contributed by atoms with Crippen molar-refractivity contribution < 1.29 is 4.79 Å². The maximum Gasteiger partial charge on any atom is 0.243 e. The molecule has 1 rings (SSSR count). The quantitative estimate of drug-likeness (QED) is 0.479. The Hall–Kier alpha value is -2.01. The normalized spacial score (nSPS) is 12.5. The molecule has 0 heterocycles. The second-order valence-electron chi connectivity index (χ2n) is 5.01. The van der Waals surface area contributed by atoms with Crippen molar-refractivity contribution >= 4 is 23.5 Å². The zero-order chi connectivity index (χ0) is 16.5. The lowest BCUT2D eigenvalue weighted by Gasteiger charge is -2.19. The smallest absolute Gasteiger partial charge is 0.243 e. The highest BCUT2D eigenvalue weighted by Crippen LogP contribution is 2.21. The molecule has 0 aromatic heterocycles. The highest BCUT2D eigenvalue weighted by atomic mass is 35.5. The van der Waals surface area contributed by atoms with E-state index in [2.05, 4.69) is 22.2 Å². The number of nitrogens with one attached hydrogen (secondary N) is 2. The third kappa shape index (κ3) is 5.77. The summed E-state index contributed by atoms with van der Waals surface area (Å²) in [5.74, 6) is 0.479. The van der Waals surface area contributed by atoms with Gasteiger partial charge >= 0.3 is 0 Å². The Morgan fingerprint density at radius 2 is 2.14 bits per heavy atom. The molecule has 0 saturated carbocycles. The molecule has 0 aliphatic carbocycles. The molecule has 5 nitrogen and oxygen atoms in total. The van der Waals surface area contributed by atoms with Crippen molar-refractivity contribution in [3.05, 3.63) is 47.5 Å². The Labute approximate surface area is 137 Å². The lowest BCUT2D eigenvalue weighted by Crippen LogP contribution is -2.40. The molecule has 6 heteroatoms. The van der Waals surface area contributed by atoms with Crippen LogP contribution in [0.2, 0.25) is 5.02 Å². The summed E-state index contributed by atoms with van der Waals surface area (Å²) in [6.45, 7) is 6.28. The Kier molecular flexibility index (Phi) is 7.46. The molecule has 1 aromatic rings. The maximum atomic E-state index is 11.7. The highest BCUT2D eigenvalue weighted by Gasteiger charge is 2.11.